The second-order valence-electron chi connectivity index (χ2n) is 7.05. The highest BCUT2D eigenvalue weighted by Crippen LogP contribution is 2.33. The number of carbonyl (C=O) groups is 2. The van der Waals surface area contributed by atoms with Crippen LogP contribution in [-0.4, -0.2) is 64.5 Å². The summed E-state index contributed by atoms with van der Waals surface area (Å²) in [4.78, 5) is 28.9. The second-order valence-corrected chi connectivity index (χ2v) is 10.1. The van der Waals surface area contributed by atoms with E-state index < -0.39 is 28.5 Å². The van der Waals surface area contributed by atoms with Crippen molar-refractivity contribution in [1.82, 2.24) is 9.29 Å². The van der Waals surface area contributed by atoms with Gasteiger partial charge in [-0.1, -0.05) is 6.07 Å². The number of benzene rings is 2. The van der Waals surface area contributed by atoms with Gasteiger partial charge in [-0.15, -0.1) is 11.3 Å². The molecule has 0 atom stereocenters. The Hall–Kier alpha value is -3.48. The van der Waals surface area contributed by atoms with Gasteiger partial charge in [0.05, 0.1) is 30.4 Å². The lowest BCUT2D eigenvalue weighted by Gasteiger charge is -2.12. The third kappa shape index (κ3) is 5.71. The van der Waals surface area contributed by atoms with Crippen LogP contribution in [-0.2, 0) is 19.6 Å². The zero-order valence-electron chi connectivity index (χ0n) is 18.9. The van der Waals surface area contributed by atoms with Crippen LogP contribution < -0.4 is 14.8 Å². The minimum absolute atomic E-state index is 0.0145. The number of rotatable bonds is 9. The van der Waals surface area contributed by atoms with Crippen LogP contribution in [0.4, 0.5) is 5.13 Å². The molecular formula is C22H23N3O7S2. The molecule has 12 heteroatoms. The Bertz CT molecular complexity index is 1300. The molecule has 0 aliphatic heterocycles. The predicted octanol–water partition coefficient (Wildman–Crippen LogP) is 2.87. The van der Waals surface area contributed by atoms with Gasteiger partial charge in [0.2, 0.25) is 10.0 Å². The number of anilines is 1. The quantitative estimate of drug-likeness (QED) is 0.440. The molecule has 10 nitrogen and oxygen atoms in total. The van der Waals surface area contributed by atoms with Crippen molar-refractivity contribution >= 4 is 38.4 Å². The van der Waals surface area contributed by atoms with Crippen LogP contribution in [0.5, 0.6) is 11.5 Å². The topological polar surface area (TPSA) is 124 Å². The molecule has 0 aliphatic rings. The lowest BCUT2D eigenvalue weighted by atomic mass is 10.1. The van der Waals surface area contributed by atoms with Gasteiger partial charge in [0.1, 0.15) is 0 Å². The molecule has 3 aromatic rings. The normalized spacial score (nSPS) is 11.2. The predicted molar refractivity (Wildman–Crippen MR) is 127 cm³/mol. The number of thiazole rings is 1. The van der Waals surface area contributed by atoms with Crippen molar-refractivity contribution in [3.8, 4) is 22.8 Å². The van der Waals surface area contributed by atoms with Gasteiger partial charge in [-0.25, -0.2) is 22.5 Å². The first-order valence-corrected chi connectivity index (χ1v) is 12.1. The fraction of sp³-hybridized carbons (Fsp3) is 0.227. The Balaban J connectivity index is 1.61. The molecule has 180 valence electrons. The molecule has 1 N–H and O–H groups in total. The molecule has 34 heavy (non-hydrogen) atoms. The molecule has 0 unspecified atom stereocenters. The summed E-state index contributed by atoms with van der Waals surface area (Å²) in [6.07, 6.45) is 0. The molecule has 0 fully saturated rings. The van der Waals surface area contributed by atoms with Crippen LogP contribution in [0.15, 0.2) is 52.7 Å². The Labute approximate surface area is 201 Å². The lowest BCUT2D eigenvalue weighted by molar-refractivity contribution is -0.119. The van der Waals surface area contributed by atoms with Crippen LogP contribution >= 0.6 is 11.3 Å². The molecule has 1 amide bonds. The summed E-state index contributed by atoms with van der Waals surface area (Å²) in [7, 11) is 2.15. The van der Waals surface area contributed by atoms with Crippen LogP contribution in [0.3, 0.4) is 0 Å². The van der Waals surface area contributed by atoms with Gasteiger partial charge in [-0.05, 0) is 36.4 Å². The van der Waals surface area contributed by atoms with Crippen LogP contribution in [0.1, 0.15) is 10.4 Å². The number of methoxy groups -OCH3 is 2. The lowest BCUT2D eigenvalue weighted by Crippen LogP contribution is -2.23. The van der Waals surface area contributed by atoms with E-state index in [2.05, 4.69) is 10.3 Å². The van der Waals surface area contributed by atoms with Gasteiger partial charge >= 0.3 is 5.97 Å². The summed E-state index contributed by atoms with van der Waals surface area (Å²) in [5.74, 6) is -0.274. The van der Waals surface area contributed by atoms with Crippen molar-refractivity contribution in [1.29, 1.82) is 0 Å². The first-order valence-electron chi connectivity index (χ1n) is 9.83. The summed E-state index contributed by atoms with van der Waals surface area (Å²) in [5, 5.41) is 4.66. The molecule has 3 rings (SSSR count). The average Bonchev–Trinajstić information content (AvgIpc) is 3.30. The summed E-state index contributed by atoms with van der Waals surface area (Å²) in [6.45, 7) is -0.561. The summed E-state index contributed by atoms with van der Waals surface area (Å²) in [6, 6.07) is 10.7. The van der Waals surface area contributed by atoms with E-state index in [0.717, 1.165) is 9.87 Å². The van der Waals surface area contributed by atoms with Crippen molar-refractivity contribution in [3.05, 3.63) is 53.4 Å². The van der Waals surface area contributed by atoms with E-state index in [1.807, 2.05) is 6.07 Å². The maximum Gasteiger partial charge on any atom is 0.338 e. The van der Waals surface area contributed by atoms with E-state index in [0.29, 0.717) is 22.3 Å². The highest BCUT2D eigenvalue weighted by atomic mass is 32.2. The molecule has 0 spiro atoms. The Morgan fingerprint density at radius 3 is 2.47 bits per heavy atom. The van der Waals surface area contributed by atoms with Crippen LogP contribution in [0.25, 0.3) is 11.3 Å². The van der Waals surface area contributed by atoms with Crippen molar-refractivity contribution < 1.29 is 32.2 Å². The highest BCUT2D eigenvalue weighted by molar-refractivity contribution is 7.89. The van der Waals surface area contributed by atoms with Gasteiger partial charge in [-0.3, -0.25) is 10.1 Å². The van der Waals surface area contributed by atoms with Gasteiger partial charge in [0.25, 0.3) is 5.91 Å². The van der Waals surface area contributed by atoms with Crippen LogP contribution in [0.2, 0.25) is 0 Å². The largest absolute Gasteiger partial charge is 0.493 e. The molecule has 2 aromatic carbocycles. The van der Waals surface area contributed by atoms with Crippen LogP contribution in [0, 0.1) is 0 Å². The maximum atomic E-state index is 12.3. The number of hydrogen-bond acceptors (Lipinski definition) is 9. The van der Waals surface area contributed by atoms with E-state index in [4.69, 9.17) is 14.2 Å². The van der Waals surface area contributed by atoms with E-state index in [1.165, 1.54) is 56.8 Å². The van der Waals surface area contributed by atoms with E-state index in [1.54, 1.807) is 24.6 Å². The van der Waals surface area contributed by atoms with Gasteiger partial charge in [0.15, 0.2) is 23.2 Å². The maximum absolute atomic E-state index is 12.3. The zero-order valence-corrected chi connectivity index (χ0v) is 20.5. The zero-order chi connectivity index (χ0) is 24.9. The number of hydrogen-bond donors (Lipinski definition) is 1. The van der Waals surface area contributed by atoms with E-state index in [9.17, 15) is 18.0 Å². The standard InChI is InChI=1S/C22H23N3O7S2/c1-25(2)34(28,29)16-7-5-6-15(10-16)21(27)32-12-20(26)24-22-23-17(13-33-22)14-8-9-18(30-3)19(11-14)31-4/h5-11,13H,12H2,1-4H3,(H,23,24,26). The Morgan fingerprint density at radius 2 is 1.79 bits per heavy atom. The van der Waals surface area contributed by atoms with Crippen molar-refractivity contribution in [2.24, 2.45) is 0 Å². The summed E-state index contributed by atoms with van der Waals surface area (Å²) >= 11 is 1.21. The van der Waals surface area contributed by atoms with Crippen molar-refractivity contribution in [2.75, 3.05) is 40.2 Å². The smallest absolute Gasteiger partial charge is 0.338 e. The number of esters is 1. The molecular weight excluding hydrogens is 482 g/mol. The molecule has 0 bridgehead atoms. The molecule has 0 aliphatic carbocycles. The minimum Gasteiger partial charge on any atom is -0.493 e. The van der Waals surface area contributed by atoms with Crippen molar-refractivity contribution in [3.63, 3.8) is 0 Å². The second kappa shape index (κ2) is 10.6. The Kier molecular flexibility index (Phi) is 7.87. The number of ether oxygens (including phenoxy) is 3. The van der Waals surface area contributed by atoms with E-state index >= 15 is 0 Å². The third-order valence-corrected chi connectivity index (χ3v) is 7.18. The summed E-state index contributed by atoms with van der Waals surface area (Å²) in [5.41, 5.74) is 1.41. The molecule has 0 saturated heterocycles. The number of nitrogens with one attached hydrogen (secondary N) is 1. The number of carbonyl (C=O) groups excluding carboxylic acids is 2. The van der Waals surface area contributed by atoms with Gasteiger partial charge in [0, 0.05) is 25.0 Å². The fourth-order valence-electron chi connectivity index (χ4n) is 2.82. The number of nitrogens with zero attached hydrogens (tertiary/aromatic N) is 2. The molecule has 1 aromatic heterocycles. The SMILES string of the molecule is COc1ccc(-c2csc(NC(=O)COC(=O)c3cccc(S(=O)(=O)N(C)C)c3)n2)cc1OC. The first-order chi connectivity index (χ1) is 16.1. The third-order valence-electron chi connectivity index (χ3n) is 4.61. The molecule has 0 saturated carbocycles. The molecule has 0 radical (unpaired) electrons. The monoisotopic (exact) mass is 505 g/mol. The van der Waals surface area contributed by atoms with Crippen molar-refractivity contribution in [2.45, 2.75) is 4.90 Å². The molecule has 1 heterocycles. The number of aromatic nitrogens is 1. The van der Waals surface area contributed by atoms with Gasteiger partial charge in [-0.2, -0.15) is 0 Å². The van der Waals surface area contributed by atoms with Gasteiger partial charge < -0.3 is 14.2 Å². The fourth-order valence-corrected chi connectivity index (χ4v) is 4.51. The number of sulfonamides is 1. The minimum atomic E-state index is -3.71. The summed E-state index contributed by atoms with van der Waals surface area (Å²) < 4.78 is 41.1. The first kappa shape index (κ1) is 25.1. The number of amides is 1. The highest BCUT2D eigenvalue weighted by Gasteiger charge is 2.20. The Morgan fingerprint density at radius 1 is 1.06 bits per heavy atom. The van der Waals surface area contributed by atoms with E-state index in [-0.39, 0.29) is 10.5 Å². The average molecular weight is 506 g/mol.